The van der Waals surface area contributed by atoms with Crippen LogP contribution in [0.2, 0.25) is 0 Å². The lowest BCUT2D eigenvalue weighted by Crippen LogP contribution is -2.28. The molecule has 0 aliphatic heterocycles. The third kappa shape index (κ3) is 6.44. The van der Waals surface area contributed by atoms with Gasteiger partial charge in [-0.2, -0.15) is 18.4 Å². The fraction of sp³-hybridized carbons (Fsp3) is 0.314. The number of alkyl halides is 3. The minimum Gasteiger partial charge on any atom is -0.457 e. The van der Waals surface area contributed by atoms with E-state index in [0.29, 0.717) is 17.1 Å². The largest absolute Gasteiger partial charge is 0.457 e. The van der Waals surface area contributed by atoms with Crippen LogP contribution in [0.5, 0.6) is 11.5 Å². The molecule has 1 heterocycles. The average Bonchev–Trinajstić information content (AvgIpc) is 2.90. The zero-order valence-corrected chi connectivity index (χ0v) is 25.0. The Bertz CT molecular complexity index is 1720. The molecule has 7 heteroatoms. The van der Waals surface area contributed by atoms with Crippen LogP contribution >= 0.6 is 0 Å². The molecule has 0 saturated heterocycles. The van der Waals surface area contributed by atoms with Gasteiger partial charge in [-0.1, -0.05) is 76.6 Å². The maximum atomic E-state index is 14.4. The number of hydrogen-bond donors (Lipinski definition) is 0. The van der Waals surface area contributed by atoms with E-state index in [-0.39, 0.29) is 29.0 Å². The fourth-order valence-corrected chi connectivity index (χ4v) is 5.02. The lowest BCUT2D eigenvalue weighted by Gasteiger charge is -2.21. The smallest absolute Gasteiger partial charge is 0.418 e. The minimum absolute atomic E-state index is 0.0175. The monoisotopic (exact) mass is 572 g/mol. The summed E-state index contributed by atoms with van der Waals surface area (Å²) in [5.74, 6) is 1.05. The molecule has 0 amide bonds. The van der Waals surface area contributed by atoms with Gasteiger partial charge >= 0.3 is 6.18 Å². The number of nitrogens with zero attached hydrogens (tertiary/aromatic N) is 2. The molecule has 0 atom stereocenters. The molecule has 3 aromatic carbocycles. The predicted molar refractivity (Wildman–Crippen MR) is 160 cm³/mol. The van der Waals surface area contributed by atoms with Crippen LogP contribution in [0.15, 0.2) is 71.7 Å². The van der Waals surface area contributed by atoms with Gasteiger partial charge in [0.25, 0.3) is 5.56 Å². The van der Waals surface area contributed by atoms with Crippen molar-refractivity contribution >= 4 is 0 Å². The second-order valence-corrected chi connectivity index (χ2v) is 12.0. The van der Waals surface area contributed by atoms with Gasteiger partial charge in [-0.15, -0.1) is 0 Å². The lowest BCUT2D eigenvalue weighted by atomic mass is 9.87. The molecular weight excluding hydrogens is 537 g/mol. The molecule has 4 rings (SSSR count). The van der Waals surface area contributed by atoms with E-state index in [1.165, 1.54) is 10.8 Å². The topological polar surface area (TPSA) is 55.0 Å². The Morgan fingerprint density at radius 2 is 1.62 bits per heavy atom. The van der Waals surface area contributed by atoms with Gasteiger partial charge in [-0.05, 0) is 77.3 Å². The Labute approximate surface area is 245 Å². The number of benzene rings is 3. The van der Waals surface area contributed by atoms with Gasteiger partial charge in [0, 0.05) is 11.8 Å². The van der Waals surface area contributed by atoms with E-state index in [1.807, 2.05) is 70.2 Å². The van der Waals surface area contributed by atoms with Gasteiger partial charge in [0.2, 0.25) is 0 Å². The summed E-state index contributed by atoms with van der Waals surface area (Å²) in [6.45, 7) is 14.1. The molecule has 0 saturated carbocycles. The van der Waals surface area contributed by atoms with Crippen molar-refractivity contribution in [2.45, 2.75) is 72.5 Å². The van der Waals surface area contributed by atoms with Crippen molar-refractivity contribution in [2.24, 2.45) is 0 Å². The van der Waals surface area contributed by atoms with E-state index in [9.17, 15) is 23.2 Å². The third-order valence-corrected chi connectivity index (χ3v) is 7.40. The van der Waals surface area contributed by atoms with Gasteiger partial charge < -0.3 is 9.30 Å². The SMILES string of the molecule is Cc1ccc(Cn2cc(-c3ccc(Oc4ccc(C(C)(C)C)cc4)c(C(C)C)c3)c(C(F)(F)F)c(C#N)c2=O)c(C)c1. The molecule has 0 N–H and O–H groups in total. The van der Waals surface area contributed by atoms with Crippen molar-refractivity contribution in [2.75, 3.05) is 0 Å². The van der Waals surface area contributed by atoms with Crippen LogP contribution in [-0.2, 0) is 18.1 Å². The number of pyridine rings is 1. The summed E-state index contributed by atoms with van der Waals surface area (Å²) < 4.78 is 50.7. The number of nitriles is 1. The van der Waals surface area contributed by atoms with E-state index in [0.717, 1.165) is 22.3 Å². The highest BCUT2D eigenvalue weighted by Gasteiger charge is 2.39. The number of hydrogen-bond acceptors (Lipinski definition) is 3. The molecular formula is C35H35F3N2O2. The van der Waals surface area contributed by atoms with Crippen LogP contribution in [0.4, 0.5) is 13.2 Å². The van der Waals surface area contributed by atoms with E-state index in [4.69, 9.17) is 4.74 Å². The summed E-state index contributed by atoms with van der Waals surface area (Å²) in [6.07, 6.45) is -3.70. The predicted octanol–water partition coefficient (Wildman–Crippen LogP) is 9.28. The second-order valence-electron chi connectivity index (χ2n) is 12.0. The van der Waals surface area contributed by atoms with Crippen LogP contribution in [0.1, 0.15) is 79.5 Å². The van der Waals surface area contributed by atoms with Crippen molar-refractivity contribution < 1.29 is 17.9 Å². The van der Waals surface area contributed by atoms with Crippen molar-refractivity contribution in [1.29, 1.82) is 5.26 Å². The van der Waals surface area contributed by atoms with Gasteiger partial charge in [0.05, 0.1) is 12.1 Å². The molecule has 4 nitrogen and oxygen atoms in total. The Balaban J connectivity index is 1.86. The number of rotatable bonds is 6. The highest BCUT2D eigenvalue weighted by atomic mass is 19.4. The standard InChI is InChI=1S/C35H35F3N2O2/c1-21(2)28-17-24(10-15-31(28)42-27-13-11-26(12-14-27)34(5,6)7)30-20-40(19-25-9-8-22(3)16-23(25)4)33(41)29(18-39)32(30)35(36,37)38/h8-17,20-21H,19H2,1-7H3. The van der Waals surface area contributed by atoms with Crippen molar-refractivity contribution in [3.63, 3.8) is 0 Å². The Morgan fingerprint density at radius 3 is 2.17 bits per heavy atom. The van der Waals surface area contributed by atoms with Gasteiger partial charge in [-0.25, -0.2) is 0 Å². The molecule has 0 aliphatic rings. The van der Waals surface area contributed by atoms with E-state index < -0.39 is 22.9 Å². The van der Waals surface area contributed by atoms with Gasteiger partial charge in [-0.3, -0.25) is 4.79 Å². The second kappa shape index (κ2) is 11.5. The normalized spacial score (nSPS) is 12.0. The summed E-state index contributed by atoms with van der Waals surface area (Å²) >= 11 is 0. The molecule has 42 heavy (non-hydrogen) atoms. The van der Waals surface area contributed by atoms with Crippen LogP contribution in [-0.4, -0.2) is 4.57 Å². The molecule has 0 radical (unpaired) electrons. The zero-order chi connectivity index (χ0) is 31.0. The average molecular weight is 573 g/mol. The van der Waals surface area contributed by atoms with E-state index in [2.05, 4.69) is 20.8 Å². The molecule has 1 aromatic heterocycles. The molecule has 218 valence electrons. The summed E-state index contributed by atoms with van der Waals surface area (Å²) in [7, 11) is 0. The van der Waals surface area contributed by atoms with Crippen molar-refractivity contribution in [1.82, 2.24) is 4.57 Å². The molecule has 0 aliphatic carbocycles. The maximum Gasteiger partial charge on any atom is 0.418 e. The molecule has 4 aromatic rings. The number of ether oxygens (including phenoxy) is 1. The van der Waals surface area contributed by atoms with Crippen LogP contribution < -0.4 is 10.3 Å². The number of aryl methyl sites for hydroxylation is 2. The number of halogens is 3. The summed E-state index contributed by atoms with van der Waals surface area (Å²) in [5.41, 5.74) is 1.43. The first-order chi connectivity index (χ1) is 19.6. The van der Waals surface area contributed by atoms with Crippen LogP contribution in [0.3, 0.4) is 0 Å². The van der Waals surface area contributed by atoms with Gasteiger partial charge in [0.15, 0.2) is 0 Å². The summed E-state index contributed by atoms with van der Waals surface area (Å²) in [6, 6.07) is 19.8. The van der Waals surface area contributed by atoms with E-state index >= 15 is 0 Å². The van der Waals surface area contributed by atoms with Crippen LogP contribution in [0.25, 0.3) is 11.1 Å². The molecule has 0 unspecified atom stereocenters. The Kier molecular flexibility index (Phi) is 8.41. The van der Waals surface area contributed by atoms with Gasteiger partial charge in [0.1, 0.15) is 23.1 Å². The Hall–Kier alpha value is -4.31. The van der Waals surface area contributed by atoms with Crippen molar-refractivity contribution in [3.8, 4) is 28.7 Å². The summed E-state index contributed by atoms with van der Waals surface area (Å²) in [5, 5.41) is 9.75. The minimum atomic E-state index is -4.92. The quantitative estimate of drug-likeness (QED) is 0.231. The lowest BCUT2D eigenvalue weighted by molar-refractivity contribution is -0.137. The van der Waals surface area contributed by atoms with Crippen LogP contribution in [0, 0.1) is 25.2 Å². The fourth-order valence-electron chi connectivity index (χ4n) is 5.02. The first-order valence-electron chi connectivity index (χ1n) is 13.8. The molecule has 0 bridgehead atoms. The zero-order valence-electron chi connectivity index (χ0n) is 25.0. The number of aromatic nitrogens is 1. The third-order valence-electron chi connectivity index (χ3n) is 7.40. The maximum absolute atomic E-state index is 14.4. The highest BCUT2D eigenvalue weighted by molar-refractivity contribution is 5.72. The Morgan fingerprint density at radius 1 is 0.952 bits per heavy atom. The first-order valence-corrected chi connectivity index (χ1v) is 13.8. The molecule has 0 spiro atoms. The van der Waals surface area contributed by atoms with Crippen molar-refractivity contribution in [3.05, 3.63) is 116 Å². The molecule has 0 fully saturated rings. The first kappa shape index (κ1) is 30.6. The van der Waals surface area contributed by atoms with E-state index in [1.54, 1.807) is 24.3 Å². The highest BCUT2D eigenvalue weighted by Crippen LogP contribution is 2.41. The summed E-state index contributed by atoms with van der Waals surface area (Å²) in [4.78, 5) is 13.2.